The van der Waals surface area contributed by atoms with Gasteiger partial charge in [-0.1, -0.05) is 24.1 Å². The summed E-state index contributed by atoms with van der Waals surface area (Å²) in [6.07, 6.45) is 5.95. The van der Waals surface area contributed by atoms with Gasteiger partial charge in [-0.25, -0.2) is 0 Å². The highest BCUT2D eigenvalue weighted by atomic mass is 35.5. The number of benzene rings is 1. The first-order valence-electron chi connectivity index (χ1n) is 8.67. The number of hydrogen-bond donors (Lipinski definition) is 1. The van der Waals surface area contributed by atoms with Crippen LogP contribution >= 0.6 is 11.6 Å². The molecule has 1 N–H and O–H groups in total. The lowest BCUT2D eigenvalue weighted by molar-refractivity contribution is 0.102. The Hall–Kier alpha value is -2.73. The molecule has 7 heteroatoms. The topological polar surface area (TPSA) is 72.7 Å². The Labute approximate surface area is 156 Å². The number of aromatic nitrogens is 4. The molecular formula is C19H18ClN5O. The van der Waals surface area contributed by atoms with E-state index in [1.807, 2.05) is 6.07 Å². The van der Waals surface area contributed by atoms with Gasteiger partial charge in [0.2, 0.25) is 0 Å². The van der Waals surface area contributed by atoms with E-state index in [9.17, 15) is 4.79 Å². The fraction of sp³-hybridized carbons (Fsp3) is 0.263. The summed E-state index contributed by atoms with van der Waals surface area (Å²) in [6.45, 7) is 0.887. The molecular weight excluding hydrogens is 350 g/mol. The van der Waals surface area contributed by atoms with Crippen LogP contribution < -0.4 is 5.32 Å². The zero-order chi connectivity index (χ0) is 17.9. The number of carbonyl (C=O) groups is 1. The van der Waals surface area contributed by atoms with Crippen molar-refractivity contribution in [2.24, 2.45) is 0 Å². The molecule has 132 valence electrons. The van der Waals surface area contributed by atoms with Crippen LogP contribution in [0.25, 0.3) is 11.4 Å². The van der Waals surface area contributed by atoms with E-state index in [4.69, 9.17) is 11.6 Å². The predicted octanol–water partition coefficient (Wildman–Crippen LogP) is 3.97. The Kier molecular flexibility index (Phi) is 4.67. The molecule has 1 aliphatic rings. The Bertz CT molecular complexity index is 938. The average Bonchev–Trinajstić information content (AvgIpc) is 2.92. The molecule has 2 aromatic heterocycles. The number of fused-ring (bicyclic) bond motifs is 1. The highest BCUT2D eigenvalue weighted by Gasteiger charge is 2.18. The van der Waals surface area contributed by atoms with Gasteiger partial charge in [-0.3, -0.25) is 9.78 Å². The number of anilines is 1. The maximum Gasteiger partial charge on any atom is 0.274 e. The molecule has 0 spiro atoms. The number of nitrogens with zero attached hydrogens (tertiary/aromatic N) is 4. The second-order valence-corrected chi connectivity index (χ2v) is 6.67. The number of pyridine rings is 1. The predicted molar refractivity (Wildman–Crippen MR) is 100 cm³/mol. The normalized spacial score (nSPS) is 13.7. The average molecular weight is 368 g/mol. The fourth-order valence-corrected chi connectivity index (χ4v) is 3.35. The molecule has 1 aromatic carbocycles. The lowest BCUT2D eigenvalue weighted by Crippen LogP contribution is -2.13. The zero-order valence-corrected chi connectivity index (χ0v) is 14.9. The van der Waals surface area contributed by atoms with E-state index in [2.05, 4.69) is 25.1 Å². The van der Waals surface area contributed by atoms with Crippen molar-refractivity contribution < 1.29 is 4.79 Å². The minimum Gasteiger partial charge on any atom is -0.321 e. The van der Waals surface area contributed by atoms with Crippen molar-refractivity contribution in [1.82, 2.24) is 19.7 Å². The summed E-state index contributed by atoms with van der Waals surface area (Å²) in [5.41, 5.74) is 1.78. The molecule has 4 rings (SSSR count). The van der Waals surface area contributed by atoms with E-state index in [0.29, 0.717) is 16.4 Å². The van der Waals surface area contributed by atoms with E-state index in [1.54, 1.807) is 36.5 Å². The second kappa shape index (κ2) is 7.25. The van der Waals surface area contributed by atoms with Crippen molar-refractivity contribution in [1.29, 1.82) is 0 Å². The minimum absolute atomic E-state index is 0.265. The number of amides is 1. The van der Waals surface area contributed by atoms with Gasteiger partial charge in [0.05, 0.1) is 5.02 Å². The quantitative estimate of drug-likeness (QED) is 0.760. The number of halogens is 1. The van der Waals surface area contributed by atoms with Crippen molar-refractivity contribution in [2.45, 2.75) is 32.2 Å². The van der Waals surface area contributed by atoms with Gasteiger partial charge in [0, 0.05) is 30.4 Å². The summed E-state index contributed by atoms with van der Waals surface area (Å²) >= 11 is 6.42. The summed E-state index contributed by atoms with van der Waals surface area (Å²) < 4.78 is 2.14. The lowest BCUT2D eigenvalue weighted by Gasteiger charge is -2.11. The van der Waals surface area contributed by atoms with Gasteiger partial charge >= 0.3 is 0 Å². The highest BCUT2D eigenvalue weighted by Crippen LogP contribution is 2.31. The third-order valence-corrected chi connectivity index (χ3v) is 4.80. The van der Waals surface area contributed by atoms with Gasteiger partial charge < -0.3 is 9.88 Å². The number of hydrogen-bond acceptors (Lipinski definition) is 4. The van der Waals surface area contributed by atoms with Gasteiger partial charge in [0.15, 0.2) is 5.82 Å². The summed E-state index contributed by atoms with van der Waals surface area (Å²) in [7, 11) is 0. The van der Waals surface area contributed by atoms with Crippen LogP contribution in [0.1, 0.15) is 35.6 Å². The van der Waals surface area contributed by atoms with Crippen molar-refractivity contribution in [3.05, 3.63) is 59.1 Å². The Morgan fingerprint density at radius 1 is 1.12 bits per heavy atom. The first-order chi connectivity index (χ1) is 12.7. The van der Waals surface area contributed by atoms with Crippen molar-refractivity contribution in [3.63, 3.8) is 0 Å². The maximum atomic E-state index is 12.3. The monoisotopic (exact) mass is 367 g/mol. The largest absolute Gasteiger partial charge is 0.321 e. The maximum absolute atomic E-state index is 12.3. The molecule has 0 bridgehead atoms. The molecule has 3 aromatic rings. The highest BCUT2D eigenvalue weighted by molar-refractivity contribution is 6.33. The number of aryl methyl sites for hydroxylation is 1. The molecule has 0 aliphatic carbocycles. The molecule has 0 atom stereocenters. The zero-order valence-electron chi connectivity index (χ0n) is 14.2. The number of rotatable bonds is 3. The molecule has 0 radical (unpaired) electrons. The summed E-state index contributed by atoms with van der Waals surface area (Å²) in [6, 6.07) is 10.6. The van der Waals surface area contributed by atoms with E-state index >= 15 is 0 Å². The number of nitrogens with one attached hydrogen (secondary N) is 1. The minimum atomic E-state index is -0.265. The Balaban J connectivity index is 1.65. The van der Waals surface area contributed by atoms with Crippen LogP contribution in [0.4, 0.5) is 5.69 Å². The van der Waals surface area contributed by atoms with Crippen molar-refractivity contribution >= 4 is 23.2 Å². The van der Waals surface area contributed by atoms with Crippen LogP contribution in [0.15, 0.2) is 42.6 Å². The molecule has 1 amide bonds. The van der Waals surface area contributed by atoms with Gasteiger partial charge in [-0.2, -0.15) is 0 Å². The smallest absolute Gasteiger partial charge is 0.274 e. The van der Waals surface area contributed by atoms with Crippen molar-refractivity contribution in [3.8, 4) is 11.4 Å². The third-order valence-electron chi connectivity index (χ3n) is 4.47. The Morgan fingerprint density at radius 2 is 2.04 bits per heavy atom. The first-order valence-corrected chi connectivity index (χ1v) is 9.04. The molecule has 6 nitrogen and oxygen atoms in total. The van der Waals surface area contributed by atoms with E-state index in [0.717, 1.165) is 43.0 Å². The van der Waals surface area contributed by atoms with E-state index in [1.165, 1.54) is 6.42 Å². The summed E-state index contributed by atoms with van der Waals surface area (Å²) in [4.78, 5) is 16.4. The van der Waals surface area contributed by atoms with Crippen LogP contribution in [-0.4, -0.2) is 25.7 Å². The Morgan fingerprint density at radius 3 is 2.88 bits per heavy atom. The first kappa shape index (κ1) is 16.7. The van der Waals surface area contributed by atoms with E-state index < -0.39 is 0 Å². The summed E-state index contributed by atoms with van der Waals surface area (Å²) in [5, 5.41) is 12.1. The number of carbonyl (C=O) groups excluding carboxylic acids is 1. The standard InChI is InChI=1S/C19H18ClN5O/c20-15-9-8-13(22-19(26)16-6-3-4-10-21-16)12-14(15)18-24-23-17-7-2-1-5-11-25(17)18/h3-4,6,8-10,12H,1-2,5,7,11H2,(H,22,26). The fourth-order valence-electron chi connectivity index (χ4n) is 3.15. The van der Waals surface area contributed by atoms with E-state index in [-0.39, 0.29) is 5.91 Å². The SMILES string of the molecule is O=C(Nc1ccc(Cl)c(-c2nnc3n2CCCCC3)c1)c1ccccn1. The van der Waals surface area contributed by atoms with Crippen LogP contribution in [-0.2, 0) is 13.0 Å². The van der Waals surface area contributed by atoms with Crippen LogP contribution in [0.3, 0.4) is 0 Å². The van der Waals surface area contributed by atoms with Crippen LogP contribution in [0.5, 0.6) is 0 Å². The summed E-state index contributed by atoms with van der Waals surface area (Å²) in [5.74, 6) is 1.48. The molecule has 0 unspecified atom stereocenters. The van der Waals surface area contributed by atoms with Gasteiger partial charge in [0.1, 0.15) is 11.5 Å². The second-order valence-electron chi connectivity index (χ2n) is 6.27. The molecule has 1 aliphatic heterocycles. The molecule has 0 saturated heterocycles. The lowest BCUT2D eigenvalue weighted by atomic mass is 10.1. The van der Waals surface area contributed by atoms with Crippen LogP contribution in [0.2, 0.25) is 5.02 Å². The van der Waals surface area contributed by atoms with Crippen molar-refractivity contribution in [2.75, 3.05) is 5.32 Å². The van der Waals surface area contributed by atoms with Gasteiger partial charge in [0.25, 0.3) is 5.91 Å². The van der Waals surface area contributed by atoms with Gasteiger partial charge in [-0.05, 0) is 43.2 Å². The van der Waals surface area contributed by atoms with Crippen LogP contribution in [0, 0.1) is 0 Å². The molecule has 0 fully saturated rings. The third kappa shape index (κ3) is 3.32. The molecule has 0 saturated carbocycles. The van der Waals surface area contributed by atoms with Gasteiger partial charge in [-0.15, -0.1) is 10.2 Å². The molecule has 26 heavy (non-hydrogen) atoms. The molecule has 3 heterocycles.